The molecular formula is C16H26N2. The molecular weight excluding hydrogens is 220 g/mol. The largest absolute Gasteiger partial charge is 0.399 e. The molecule has 100 valence electrons. The van der Waals surface area contributed by atoms with Gasteiger partial charge >= 0.3 is 0 Å². The molecule has 0 unspecified atom stereocenters. The average Bonchev–Trinajstić information content (AvgIpc) is 2.68. The lowest BCUT2D eigenvalue weighted by Crippen LogP contribution is -2.23. The lowest BCUT2D eigenvalue weighted by molar-refractivity contribution is 0.457. The molecule has 0 amide bonds. The van der Waals surface area contributed by atoms with Crippen molar-refractivity contribution in [3.63, 3.8) is 0 Å². The Bertz CT molecular complexity index is 390. The third-order valence-electron chi connectivity index (χ3n) is 4.99. The minimum Gasteiger partial charge on any atom is -0.399 e. The number of rotatable bonds is 5. The number of nitrogens with two attached hydrogens (primary N) is 1. The molecule has 0 saturated heterocycles. The van der Waals surface area contributed by atoms with Crippen LogP contribution in [-0.4, -0.2) is 12.6 Å². The molecule has 0 heterocycles. The molecule has 2 rings (SSSR count). The molecule has 1 aromatic rings. The van der Waals surface area contributed by atoms with Crippen molar-refractivity contribution in [3.05, 3.63) is 29.8 Å². The van der Waals surface area contributed by atoms with E-state index >= 15 is 0 Å². The van der Waals surface area contributed by atoms with Crippen LogP contribution in [0.5, 0.6) is 0 Å². The maximum absolute atomic E-state index is 5.68. The zero-order valence-electron chi connectivity index (χ0n) is 12.1. The number of benzene rings is 1. The summed E-state index contributed by atoms with van der Waals surface area (Å²) in [6.45, 7) is 10.5. The van der Waals surface area contributed by atoms with Crippen LogP contribution in [-0.2, 0) is 6.42 Å². The van der Waals surface area contributed by atoms with E-state index in [2.05, 4.69) is 45.1 Å². The fourth-order valence-electron chi connectivity index (χ4n) is 2.93. The zero-order chi connectivity index (χ0) is 13.4. The van der Waals surface area contributed by atoms with Crippen molar-refractivity contribution in [1.82, 2.24) is 5.32 Å². The Morgan fingerprint density at radius 2 is 1.61 bits per heavy atom. The molecule has 2 nitrogen and oxygen atoms in total. The van der Waals surface area contributed by atoms with Gasteiger partial charge in [-0.15, -0.1) is 0 Å². The highest BCUT2D eigenvalue weighted by Gasteiger charge is 2.64. The van der Waals surface area contributed by atoms with Gasteiger partial charge in [0.25, 0.3) is 0 Å². The molecule has 0 aliphatic heterocycles. The second-order valence-electron chi connectivity index (χ2n) is 6.68. The highest BCUT2D eigenvalue weighted by molar-refractivity contribution is 5.39. The van der Waals surface area contributed by atoms with E-state index in [0.717, 1.165) is 18.7 Å². The summed E-state index contributed by atoms with van der Waals surface area (Å²) in [7, 11) is 0. The van der Waals surface area contributed by atoms with Crippen molar-refractivity contribution >= 4 is 5.69 Å². The van der Waals surface area contributed by atoms with E-state index in [9.17, 15) is 0 Å². The number of hydrogen-bond acceptors (Lipinski definition) is 2. The van der Waals surface area contributed by atoms with Gasteiger partial charge < -0.3 is 11.1 Å². The predicted molar refractivity (Wildman–Crippen MR) is 78.5 cm³/mol. The Kier molecular flexibility index (Phi) is 3.41. The van der Waals surface area contributed by atoms with Crippen molar-refractivity contribution < 1.29 is 0 Å². The Balaban J connectivity index is 1.70. The van der Waals surface area contributed by atoms with Gasteiger partial charge in [-0.05, 0) is 47.9 Å². The molecule has 1 aromatic carbocycles. The summed E-state index contributed by atoms with van der Waals surface area (Å²) in [5, 5.41) is 3.69. The normalized spacial score (nSPS) is 20.9. The lowest BCUT2D eigenvalue weighted by Gasteiger charge is -2.06. The SMILES string of the molecule is CC1(C)C(NCCCc2ccc(N)cc2)C1(C)C. The van der Waals surface area contributed by atoms with E-state index in [-0.39, 0.29) is 0 Å². The molecule has 1 aliphatic carbocycles. The fraction of sp³-hybridized carbons (Fsp3) is 0.625. The van der Waals surface area contributed by atoms with Gasteiger partial charge in [0.15, 0.2) is 0 Å². The number of anilines is 1. The van der Waals surface area contributed by atoms with Crippen molar-refractivity contribution in [3.8, 4) is 0 Å². The third-order valence-corrected chi connectivity index (χ3v) is 4.99. The molecule has 0 atom stereocenters. The number of nitrogens with one attached hydrogen (secondary N) is 1. The van der Waals surface area contributed by atoms with Gasteiger partial charge in [0.2, 0.25) is 0 Å². The maximum atomic E-state index is 5.68. The molecule has 1 aliphatic rings. The molecule has 18 heavy (non-hydrogen) atoms. The maximum Gasteiger partial charge on any atom is 0.0314 e. The Morgan fingerprint density at radius 1 is 1.06 bits per heavy atom. The average molecular weight is 246 g/mol. The van der Waals surface area contributed by atoms with Crippen LogP contribution in [0.1, 0.15) is 39.7 Å². The van der Waals surface area contributed by atoms with Gasteiger partial charge in [-0.1, -0.05) is 39.8 Å². The fourth-order valence-corrected chi connectivity index (χ4v) is 2.93. The number of aryl methyl sites for hydroxylation is 1. The molecule has 0 spiro atoms. The molecule has 0 bridgehead atoms. The van der Waals surface area contributed by atoms with Crippen LogP contribution in [0.2, 0.25) is 0 Å². The zero-order valence-corrected chi connectivity index (χ0v) is 12.1. The van der Waals surface area contributed by atoms with Crippen LogP contribution in [0.25, 0.3) is 0 Å². The topological polar surface area (TPSA) is 38.0 Å². The molecule has 0 radical (unpaired) electrons. The van der Waals surface area contributed by atoms with Gasteiger partial charge in [-0.2, -0.15) is 0 Å². The van der Waals surface area contributed by atoms with Gasteiger partial charge in [-0.25, -0.2) is 0 Å². The number of nitrogen functional groups attached to an aromatic ring is 1. The van der Waals surface area contributed by atoms with E-state index in [1.807, 2.05) is 12.1 Å². The van der Waals surface area contributed by atoms with E-state index in [0.29, 0.717) is 16.9 Å². The van der Waals surface area contributed by atoms with E-state index in [1.54, 1.807) is 0 Å². The monoisotopic (exact) mass is 246 g/mol. The van der Waals surface area contributed by atoms with E-state index in [1.165, 1.54) is 12.0 Å². The standard InChI is InChI=1S/C16H26N2/c1-15(2)14(16(15,3)4)18-11-5-6-12-7-9-13(17)10-8-12/h7-10,14,18H,5-6,11,17H2,1-4H3. The van der Waals surface area contributed by atoms with Crippen LogP contribution in [0.15, 0.2) is 24.3 Å². The molecule has 0 aromatic heterocycles. The van der Waals surface area contributed by atoms with Gasteiger partial charge in [0, 0.05) is 11.7 Å². The summed E-state index contributed by atoms with van der Waals surface area (Å²) in [4.78, 5) is 0. The number of hydrogen-bond donors (Lipinski definition) is 2. The Hall–Kier alpha value is -1.02. The molecule has 3 N–H and O–H groups in total. The van der Waals surface area contributed by atoms with Crippen molar-refractivity contribution in [2.75, 3.05) is 12.3 Å². The first-order chi connectivity index (χ1) is 8.35. The molecule has 2 heteroatoms. The molecule has 1 saturated carbocycles. The molecule has 1 fully saturated rings. The summed E-state index contributed by atoms with van der Waals surface area (Å²) >= 11 is 0. The highest BCUT2D eigenvalue weighted by atomic mass is 15.0. The summed E-state index contributed by atoms with van der Waals surface area (Å²) in [5.41, 5.74) is 8.78. The minimum atomic E-state index is 0.439. The van der Waals surface area contributed by atoms with Crippen molar-refractivity contribution in [2.24, 2.45) is 10.8 Å². The van der Waals surface area contributed by atoms with Crippen LogP contribution in [0.4, 0.5) is 5.69 Å². The van der Waals surface area contributed by atoms with Crippen LogP contribution >= 0.6 is 0 Å². The Morgan fingerprint density at radius 3 is 2.11 bits per heavy atom. The van der Waals surface area contributed by atoms with E-state index < -0.39 is 0 Å². The first-order valence-electron chi connectivity index (χ1n) is 6.93. The Labute approximate surface area is 111 Å². The van der Waals surface area contributed by atoms with Gasteiger partial charge in [0.1, 0.15) is 0 Å². The highest BCUT2D eigenvalue weighted by Crippen LogP contribution is 2.62. The van der Waals surface area contributed by atoms with Crippen molar-refractivity contribution in [1.29, 1.82) is 0 Å². The van der Waals surface area contributed by atoms with Crippen LogP contribution in [0, 0.1) is 10.8 Å². The summed E-state index contributed by atoms with van der Waals surface area (Å²) in [6, 6.07) is 8.88. The summed E-state index contributed by atoms with van der Waals surface area (Å²) in [6.07, 6.45) is 2.31. The van der Waals surface area contributed by atoms with Crippen LogP contribution in [0.3, 0.4) is 0 Å². The summed E-state index contributed by atoms with van der Waals surface area (Å²) in [5.74, 6) is 0. The van der Waals surface area contributed by atoms with Gasteiger partial charge in [-0.3, -0.25) is 0 Å². The van der Waals surface area contributed by atoms with Crippen LogP contribution < -0.4 is 11.1 Å². The third kappa shape index (κ3) is 2.39. The first-order valence-corrected chi connectivity index (χ1v) is 6.93. The second-order valence-corrected chi connectivity index (χ2v) is 6.68. The summed E-state index contributed by atoms with van der Waals surface area (Å²) < 4.78 is 0. The minimum absolute atomic E-state index is 0.439. The smallest absolute Gasteiger partial charge is 0.0314 e. The predicted octanol–water partition coefficient (Wildman–Crippen LogP) is 3.23. The quantitative estimate of drug-likeness (QED) is 0.618. The van der Waals surface area contributed by atoms with E-state index in [4.69, 9.17) is 5.73 Å². The second kappa shape index (κ2) is 4.58. The van der Waals surface area contributed by atoms with Crippen molar-refractivity contribution in [2.45, 2.75) is 46.6 Å². The lowest BCUT2D eigenvalue weighted by atomic mass is 10.0. The van der Waals surface area contributed by atoms with Gasteiger partial charge in [0.05, 0.1) is 0 Å². The first kappa shape index (κ1) is 13.4.